The van der Waals surface area contributed by atoms with Gasteiger partial charge in [0, 0.05) is 40.3 Å². The van der Waals surface area contributed by atoms with E-state index < -0.39 is 10.2 Å². The molecule has 2 aliphatic rings. The second-order valence-corrected chi connectivity index (χ2v) is 10.4. The van der Waals surface area contributed by atoms with Gasteiger partial charge in [-0.15, -0.1) is 0 Å². The van der Waals surface area contributed by atoms with Crippen LogP contribution < -0.4 is 4.74 Å². The lowest BCUT2D eigenvalue weighted by Gasteiger charge is -2.35. The van der Waals surface area contributed by atoms with E-state index in [0.29, 0.717) is 18.4 Å². The molecular formula is C20H33N3O4S. The van der Waals surface area contributed by atoms with Crippen LogP contribution >= 0.6 is 0 Å². The van der Waals surface area contributed by atoms with Gasteiger partial charge < -0.3 is 9.84 Å². The molecule has 1 aromatic rings. The van der Waals surface area contributed by atoms with Gasteiger partial charge in [-0.2, -0.15) is 17.0 Å². The van der Waals surface area contributed by atoms with E-state index >= 15 is 0 Å². The maximum atomic E-state index is 12.4. The molecule has 0 aromatic heterocycles. The van der Waals surface area contributed by atoms with Gasteiger partial charge in [0.2, 0.25) is 0 Å². The third-order valence-corrected chi connectivity index (χ3v) is 8.08. The van der Waals surface area contributed by atoms with Crippen molar-refractivity contribution < 1.29 is 18.3 Å². The molecule has 0 unspecified atom stereocenters. The molecular weight excluding hydrogens is 378 g/mol. The third-order valence-electron chi connectivity index (χ3n) is 6.13. The van der Waals surface area contributed by atoms with Gasteiger partial charge in [-0.05, 0) is 55.3 Å². The predicted octanol–water partition coefficient (Wildman–Crippen LogP) is 1.40. The number of aliphatic hydroxyl groups is 1. The van der Waals surface area contributed by atoms with Gasteiger partial charge in [0.1, 0.15) is 12.4 Å². The lowest BCUT2D eigenvalue weighted by molar-refractivity contribution is 0.132. The summed E-state index contributed by atoms with van der Waals surface area (Å²) in [6.45, 7) is 3.24. The van der Waals surface area contributed by atoms with Crippen LogP contribution in [0.15, 0.2) is 24.3 Å². The lowest BCUT2D eigenvalue weighted by Crippen LogP contribution is -2.42. The van der Waals surface area contributed by atoms with Crippen molar-refractivity contribution >= 4 is 10.2 Å². The molecule has 1 N–H and O–H groups in total. The molecule has 7 nitrogen and oxygen atoms in total. The summed E-state index contributed by atoms with van der Waals surface area (Å²) < 4.78 is 33.3. The number of fused-ring (bicyclic) bond motifs is 1. The Morgan fingerprint density at radius 2 is 1.96 bits per heavy atom. The van der Waals surface area contributed by atoms with Crippen LogP contribution in [0.2, 0.25) is 0 Å². The van der Waals surface area contributed by atoms with Gasteiger partial charge in [0.25, 0.3) is 10.2 Å². The van der Waals surface area contributed by atoms with Crippen molar-refractivity contribution in [1.82, 2.24) is 13.5 Å². The Kier molecular flexibility index (Phi) is 6.98. The minimum Gasteiger partial charge on any atom is -0.491 e. The first-order chi connectivity index (χ1) is 13.3. The normalized spacial score (nSPS) is 26.0. The summed E-state index contributed by atoms with van der Waals surface area (Å²) in [7, 11) is 1.54. The van der Waals surface area contributed by atoms with Crippen LogP contribution in [0.4, 0.5) is 0 Å². The van der Waals surface area contributed by atoms with Crippen molar-refractivity contribution in [3.8, 4) is 5.75 Å². The Bertz CT molecular complexity index is 756. The molecule has 1 aliphatic heterocycles. The van der Waals surface area contributed by atoms with Crippen molar-refractivity contribution in [2.45, 2.75) is 31.8 Å². The molecule has 8 heteroatoms. The average Bonchev–Trinajstić information content (AvgIpc) is 3.09. The van der Waals surface area contributed by atoms with E-state index in [1.165, 1.54) is 9.87 Å². The third kappa shape index (κ3) is 4.86. The quantitative estimate of drug-likeness (QED) is 0.700. The van der Waals surface area contributed by atoms with Gasteiger partial charge in [-0.3, -0.25) is 4.90 Å². The summed E-state index contributed by atoms with van der Waals surface area (Å²) in [5.41, 5.74) is 1.20. The first kappa shape index (κ1) is 21.5. The molecule has 1 saturated carbocycles. The number of ether oxygens (including phenoxy) is 1. The minimum absolute atomic E-state index is 0.0125. The second kappa shape index (κ2) is 9.09. The monoisotopic (exact) mass is 411 g/mol. The maximum absolute atomic E-state index is 12.4. The standard InChI is InChI=1S/C20H33N3O4S/c1-21(2)28(25,26)22(3)19-12-17-7-8-23(15-18(17)13-19)14-16-5-4-6-20(11-16)27-10-9-24/h4-6,11,17-19,24H,7-10,12-15H2,1-3H3/t17-,18-,19+/m1/s1. The van der Waals surface area contributed by atoms with Gasteiger partial charge in [0.15, 0.2) is 0 Å². The van der Waals surface area contributed by atoms with Crippen molar-refractivity contribution in [1.29, 1.82) is 0 Å². The number of nitrogens with zero attached hydrogens (tertiary/aromatic N) is 3. The van der Waals surface area contributed by atoms with Gasteiger partial charge >= 0.3 is 0 Å². The summed E-state index contributed by atoms with van der Waals surface area (Å²) in [6.07, 6.45) is 3.02. The summed E-state index contributed by atoms with van der Waals surface area (Å²) in [5.74, 6) is 1.95. The first-order valence-electron chi connectivity index (χ1n) is 10.0. The molecule has 0 bridgehead atoms. The molecule has 0 spiro atoms. The fourth-order valence-corrected chi connectivity index (χ4v) is 5.63. The van der Waals surface area contributed by atoms with Crippen LogP contribution in [0.3, 0.4) is 0 Å². The molecule has 1 heterocycles. The maximum Gasteiger partial charge on any atom is 0.281 e. The Hall–Kier alpha value is -1.19. The number of piperidine rings is 1. The number of likely N-dealkylation sites (tertiary alicyclic amines) is 1. The highest BCUT2D eigenvalue weighted by atomic mass is 32.2. The summed E-state index contributed by atoms with van der Waals surface area (Å²) >= 11 is 0. The molecule has 3 rings (SSSR count). The van der Waals surface area contributed by atoms with Crippen LogP contribution in [-0.2, 0) is 16.8 Å². The van der Waals surface area contributed by atoms with Crippen molar-refractivity contribution in [3.05, 3.63) is 29.8 Å². The molecule has 3 atom stereocenters. The van der Waals surface area contributed by atoms with Crippen LogP contribution in [0.25, 0.3) is 0 Å². The molecule has 2 fully saturated rings. The van der Waals surface area contributed by atoms with Crippen molar-refractivity contribution in [3.63, 3.8) is 0 Å². The Morgan fingerprint density at radius 3 is 2.68 bits per heavy atom. The zero-order chi connectivity index (χ0) is 20.3. The van der Waals surface area contributed by atoms with Crippen molar-refractivity contribution in [2.24, 2.45) is 11.8 Å². The zero-order valence-corrected chi connectivity index (χ0v) is 17.9. The Balaban J connectivity index is 1.58. The first-order valence-corrected chi connectivity index (χ1v) is 11.4. The van der Waals surface area contributed by atoms with E-state index in [0.717, 1.165) is 44.6 Å². The molecule has 0 amide bonds. The Morgan fingerprint density at radius 1 is 1.21 bits per heavy atom. The van der Waals surface area contributed by atoms with E-state index in [1.807, 2.05) is 18.2 Å². The highest BCUT2D eigenvalue weighted by molar-refractivity contribution is 7.86. The van der Waals surface area contributed by atoms with E-state index in [2.05, 4.69) is 11.0 Å². The van der Waals surface area contributed by atoms with Crippen LogP contribution in [0.1, 0.15) is 24.8 Å². The molecule has 0 radical (unpaired) electrons. The summed E-state index contributed by atoms with van der Waals surface area (Å²) in [6, 6.07) is 8.14. The van der Waals surface area contributed by atoms with E-state index in [1.54, 1.807) is 25.4 Å². The number of hydrogen-bond donors (Lipinski definition) is 1. The number of hydrogen-bond acceptors (Lipinski definition) is 5. The highest BCUT2D eigenvalue weighted by Crippen LogP contribution is 2.41. The van der Waals surface area contributed by atoms with Crippen LogP contribution in [0.5, 0.6) is 5.75 Å². The molecule has 28 heavy (non-hydrogen) atoms. The van der Waals surface area contributed by atoms with E-state index in [9.17, 15) is 8.42 Å². The van der Waals surface area contributed by atoms with Crippen LogP contribution in [-0.4, -0.2) is 80.5 Å². The second-order valence-electron chi connectivity index (χ2n) is 8.20. The van der Waals surface area contributed by atoms with Gasteiger partial charge in [-0.25, -0.2) is 0 Å². The minimum atomic E-state index is -3.36. The lowest BCUT2D eigenvalue weighted by atomic mass is 9.88. The van der Waals surface area contributed by atoms with Crippen LogP contribution in [0, 0.1) is 11.8 Å². The fourth-order valence-electron chi connectivity index (χ4n) is 4.57. The van der Waals surface area contributed by atoms with Gasteiger partial charge in [0.05, 0.1) is 6.61 Å². The molecule has 1 saturated heterocycles. The molecule has 1 aliphatic carbocycles. The number of benzene rings is 1. The number of rotatable bonds is 8. The van der Waals surface area contributed by atoms with Crippen molar-refractivity contribution in [2.75, 3.05) is 47.4 Å². The molecule has 158 valence electrons. The molecule has 1 aromatic carbocycles. The SMILES string of the molecule is CN(C)S(=O)(=O)N(C)[C@H]1C[C@H]2CCN(Cc3cccc(OCCO)c3)C[C@H]2C1. The highest BCUT2D eigenvalue weighted by Gasteiger charge is 2.42. The predicted molar refractivity (Wildman–Crippen MR) is 109 cm³/mol. The Labute approximate surface area is 169 Å². The summed E-state index contributed by atoms with van der Waals surface area (Å²) in [4.78, 5) is 2.47. The largest absolute Gasteiger partial charge is 0.491 e. The van der Waals surface area contributed by atoms with Gasteiger partial charge in [-0.1, -0.05) is 12.1 Å². The zero-order valence-electron chi connectivity index (χ0n) is 17.1. The fraction of sp³-hybridized carbons (Fsp3) is 0.700. The smallest absolute Gasteiger partial charge is 0.281 e. The van der Waals surface area contributed by atoms with E-state index in [-0.39, 0.29) is 12.6 Å². The van der Waals surface area contributed by atoms with E-state index in [4.69, 9.17) is 9.84 Å². The topological polar surface area (TPSA) is 73.3 Å². The summed E-state index contributed by atoms with van der Waals surface area (Å²) in [5, 5.41) is 8.91. The average molecular weight is 412 g/mol. The number of aliphatic hydroxyl groups excluding tert-OH is 1.